The number of nitrogens with one attached hydrogen (secondary N) is 1. The molecule has 5 nitrogen and oxygen atoms in total. The van der Waals surface area contributed by atoms with Crippen molar-refractivity contribution in [1.29, 1.82) is 0 Å². The molecular formula is C20H12ClF3N4O. The molecule has 0 atom stereocenters. The van der Waals surface area contributed by atoms with Gasteiger partial charge >= 0.3 is 6.18 Å². The number of anilines is 1. The van der Waals surface area contributed by atoms with Gasteiger partial charge in [0, 0.05) is 11.8 Å². The van der Waals surface area contributed by atoms with Crippen molar-refractivity contribution in [2.24, 2.45) is 5.10 Å². The standard InChI is InChI=1S/C20H12ClF3N4O/c21-16-9-14(20(22,23)24)11-25-19(16)27-26-10-12-6-7-17-15(8-12)18(29-28-17)13-4-2-1-3-5-13/h1-11H,(H,25,27)/b26-10-. The molecule has 4 aromatic rings. The van der Waals surface area contributed by atoms with Gasteiger partial charge in [-0.2, -0.15) is 18.3 Å². The molecular weight excluding hydrogens is 405 g/mol. The summed E-state index contributed by atoms with van der Waals surface area (Å²) < 4.78 is 43.5. The fraction of sp³-hybridized carbons (Fsp3) is 0.0500. The molecule has 0 amide bonds. The Morgan fingerprint density at radius 2 is 1.86 bits per heavy atom. The molecule has 146 valence electrons. The number of fused-ring (bicyclic) bond motifs is 1. The quantitative estimate of drug-likeness (QED) is 0.327. The molecule has 0 saturated heterocycles. The lowest BCUT2D eigenvalue weighted by Gasteiger charge is -2.08. The second-order valence-corrected chi connectivity index (χ2v) is 6.48. The predicted molar refractivity (Wildman–Crippen MR) is 105 cm³/mol. The summed E-state index contributed by atoms with van der Waals surface area (Å²) in [5.41, 5.74) is 3.94. The maximum Gasteiger partial charge on any atom is 0.417 e. The molecule has 4 rings (SSSR count). The molecule has 29 heavy (non-hydrogen) atoms. The van der Waals surface area contributed by atoms with E-state index in [1.807, 2.05) is 36.4 Å². The molecule has 0 fully saturated rings. The molecule has 2 aromatic carbocycles. The molecule has 2 aromatic heterocycles. The van der Waals surface area contributed by atoms with E-state index in [0.717, 1.165) is 22.6 Å². The fourth-order valence-electron chi connectivity index (χ4n) is 2.68. The molecule has 0 aliphatic rings. The third kappa shape index (κ3) is 4.07. The zero-order valence-corrected chi connectivity index (χ0v) is 15.4. The van der Waals surface area contributed by atoms with Crippen LogP contribution in [0.2, 0.25) is 5.02 Å². The number of pyridine rings is 1. The van der Waals surface area contributed by atoms with Crippen LogP contribution in [0.15, 0.2) is 70.4 Å². The average Bonchev–Trinajstić information content (AvgIpc) is 3.12. The largest absolute Gasteiger partial charge is 0.417 e. The second-order valence-electron chi connectivity index (χ2n) is 6.08. The van der Waals surface area contributed by atoms with Gasteiger partial charge in [-0.1, -0.05) is 53.2 Å². The maximum atomic E-state index is 12.7. The van der Waals surface area contributed by atoms with Crippen molar-refractivity contribution in [3.8, 4) is 11.3 Å². The van der Waals surface area contributed by atoms with E-state index in [1.165, 1.54) is 6.21 Å². The third-order valence-corrected chi connectivity index (χ3v) is 4.38. The SMILES string of the molecule is FC(F)(F)c1cnc(N/N=C\c2ccc3noc(-c4ccccc4)c3c2)c(Cl)c1. The number of rotatable bonds is 4. The van der Waals surface area contributed by atoms with Crippen LogP contribution < -0.4 is 5.43 Å². The van der Waals surface area contributed by atoms with Crippen LogP contribution in [0.1, 0.15) is 11.1 Å². The Morgan fingerprint density at radius 3 is 2.59 bits per heavy atom. The minimum atomic E-state index is -4.51. The molecule has 1 N–H and O–H groups in total. The van der Waals surface area contributed by atoms with Gasteiger partial charge in [-0.15, -0.1) is 0 Å². The second kappa shape index (κ2) is 7.56. The Labute approximate surface area is 167 Å². The number of alkyl halides is 3. The minimum absolute atomic E-state index is 0.0203. The highest BCUT2D eigenvalue weighted by atomic mass is 35.5. The van der Waals surface area contributed by atoms with Crippen molar-refractivity contribution in [3.05, 3.63) is 76.9 Å². The highest BCUT2D eigenvalue weighted by molar-refractivity contribution is 6.33. The zero-order valence-electron chi connectivity index (χ0n) is 14.6. The van der Waals surface area contributed by atoms with Crippen LogP contribution in [0.25, 0.3) is 22.2 Å². The first-order valence-corrected chi connectivity index (χ1v) is 8.76. The lowest BCUT2D eigenvalue weighted by Crippen LogP contribution is -2.06. The Kier molecular flexibility index (Phi) is 4.94. The summed E-state index contributed by atoms with van der Waals surface area (Å²) in [7, 11) is 0. The van der Waals surface area contributed by atoms with Gasteiger partial charge in [-0.3, -0.25) is 5.43 Å². The molecule has 0 saturated carbocycles. The summed E-state index contributed by atoms with van der Waals surface area (Å²) in [5.74, 6) is 0.656. The van der Waals surface area contributed by atoms with Crippen molar-refractivity contribution >= 4 is 34.5 Å². The van der Waals surface area contributed by atoms with Crippen molar-refractivity contribution in [2.45, 2.75) is 6.18 Å². The van der Waals surface area contributed by atoms with Crippen LogP contribution >= 0.6 is 11.6 Å². The molecule has 0 aliphatic heterocycles. The minimum Gasteiger partial charge on any atom is -0.355 e. The van der Waals surface area contributed by atoms with Gasteiger partial charge in [0.05, 0.1) is 22.2 Å². The Hall–Kier alpha value is -3.39. The first kappa shape index (κ1) is 18.9. The van der Waals surface area contributed by atoms with Crippen molar-refractivity contribution in [1.82, 2.24) is 10.1 Å². The number of hydrogen-bond donors (Lipinski definition) is 1. The first-order chi connectivity index (χ1) is 13.9. The number of nitrogens with zero attached hydrogens (tertiary/aromatic N) is 3. The van der Waals surface area contributed by atoms with Gasteiger partial charge < -0.3 is 4.52 Å². The highest BCUT2D eigenvalue weighted by Crippen LogP contribution is 2.32. The van der Waals surface area contributed by atoms with E-state index in [-0.39, 0.29) is 10.8 Å². The molecule has 0 aliphatic carbocycles. The summed E-state index contributed by atoms with van der Waals surface area (Å²) in [5, 5.41) is 8.68. The smallest absolute Gasteiger partial charge is 0.355 e. The van der Waals surface area contributed by atoms with Gasteiger partial charge in [0.15, 0.2) is 11.6 Å². The summed E-state index contributed by atoms with van der Waals surface area (Å²) in [6.07, 6.45) is -2.32. The molecule has 2 heterocycles. The van der Waals surface area contributed by atoms with Crippen LogP contribution in [0.5, 0.6) is 0 Å². The van der Waals surface area contributed by atoms with Gasteiger partial charge in [0.1, 0.15) is 5.52 Å². The normalized spacial score (nSPS) is 12.0. The molecule has 0 radical (unpaired) electrons. The zero-order chi connectivity index (χ0) is 20.4. The Balaban J connectivity index is 1.56. The van der Waals surface area contributed by atoms with Crippen LogP contribution in [-0.2, 0) is 6.18 Å². The van der Waals surface area contributed by atoms with E-state index in [0.29, 0.717) is 17.5 Å². The number of halogens is 4. The topological polar surface area (TPSA) is 63.3 Å². The summed E-state index contributed by atoms with van der Waals surface area (Å²) in [6, 6.07) is 15.8. The van der Waals surface area contributed by atoms with Crippen LogP contribution in [0, 0.1) is 0 Å². The molecule has 0 spiro atoms. The maximum absolute atomic E-state index is 12.7. The van der Waals surface area contributed by atoms with Crippen molar-refractivity contribution in [3.63, 3.8) is 0 Å². The van der Waals surface area contributed by atoms with E-state index in [4.69, 9.17) is 16.1 Å². The lowest BCUT2D eigenvalue weighted by atomic mass is 10.1. The average molecular weight is 417 g/mol. The van der Waals surface area contributed by atoms with Crippen molar-refractivity contribution in [2.75, 3.05) is 5.43 Å². The van der Waals surface area contributed by atoms with E-state index < -0.39 is 11.7 Å². The predicted octanol–water partition coefficient (Wildman–Crippen LogP) is 6.01. The van der Waals surface area contributed by atoms with Crippen LogP contribution in [-0.4, -0.2) is 16.4 Å². The Bertz CT molecular complexity index is 1190. The third-order valence-electron chi connectivity index (χ3n) is 4.09. The highest BCUT2D eigenvalue weighted by Gasteiger charge is 2.31. The fourth-order valence-corrected chi connectivity index (χ4v) is 2.89. The molecule has 9 heteroatoms. The molecule has 0 unspecified atom stereocenters. The van der Waals surface area contributed by atoms with Gasteiger partial charge in [-0.05, 0) is 23.8 Å². The van der Waals surface area contributed by atoms with E-state index in [9.17, 15) is 13.2 Å². The van der Waals surface area contributed by atoms with Gasteiger partial charge in [0.25, 0.3) is 0 Å². The molecule has 0 bridgehead atoms. The first-order valence-electron chi connectivity index (χ1n) is 8.38. The van der Waals surface area contributed by atoms with Crippen molar-refractivity contribution < 1.29 is 17.7 Å². The van der Waals surface area contributed by atoms with Gasteiger partial charge in [0.2, 0.25) is 0 Å². The van der Waals surface area contributed by atoms with Crippen LogP contribution in [0.3, 0.4) is 0 Å². The summed E-state index contributed by atoms with van der Waals surface area (Å²) in [4.78, 5) is 3.67. The number of aromatic nitrogens is 2. The number of hydrogen-bond acceptors (Lipinski definition) is 5. The Morgan fingerprint density at radius 1 is 1.07 bits per heavy atom. The summed E-state index contributed by atoms with van der Waals surface area (Å²) >= 11 is 5.85. The summed E-state index contributed by atoms with van der Waals surface area (Å²) in [6.45, 7) is 0. The van der Waals surface area contributed by atoms with E-state index in [1.54, 1.807) is 12.1 Å². The van der Waals surface area contributed by atoms with E-state index in [2.05, 4.69) is 20.7 Å². The number of benzene rings is 2. The number of hydrazone groups is 1. The van der Waals surface area contributed by atoms with Crippen LogP contribution in [0.4, 0.5) is 19.0 Å². The monoisotopic (exact) mass is 416 g/mol. The van der Waals surface area contributed by atoms with Gasteiger partial charge in [-0.25, -0.2) is 4.98 Å². The van der Waals surface area contributed by atoms with E-state index >= 15 is 0 Å². The lowest BCUT2D eigenvalue weighted by molar-refractivity contribution is -0.137.